The van der Waals surface area contributed by atoms with Crippen molar-refractivity contribution in [2.75, 3.05) is 13.6 Å². The van der Waals surface area contributed by atoms with Gasteiger partial charge in [0, 0.05) is 13.5 Å². The molecule has 0 aliphatic rings. The maximum Gasteiger partial charge on any atom is 0.303 e. The summed E-state index contributed by atoms with van der Waals surface area (Å²) in [5.74, 6) is -0.826. The van der Waals surface area contributed by atoms with E-state index in [1.165, 1.54) is 19.1 Å². The lowest BCUT2D eigenvalue weighted by Gasteiger charge is -2.17. The molecule has 0 aliphatic carbocycles. The first-order valence-electron chi connectivity index (χ1n) is 4.88. The van der Waals surface area contributed by atoms with Crippen molar-refractivity contribution in [2.45, 2.75) is 13.0 Å². The van der Waals surface area contributed by atoms with Crippen molar-refractivity contribution in [2.24, 2.45) is 0 Å². The predicted octanol–water partition coefficient (Wildman–Crippen LogP) is 0.921. The number of aromatic hydroxyl groups is 2. The Bertz CT molecular complexity index is 378. The van der Waals surface area contributed by atoms with Gasteiger partial charge in [-0.25, -0.2) is 0 Å². The molecule has 0 heterocycles. The maximum atomic E-state index is 10.9. The van der Waals surface area contributed by atoms with Crippen LogP contribution in [0.5, 0.6) is 11.5 Å². The van der Waals surface area contributed by atoms with Crippen molar-refractivity contribution >= 4 is 5.97 Å². The standard InChI is InChI=1S/C11H15NO4/c1-7(13)16-11(6-12-2)8-3-4-9(14)10(15)5-8/h3-5,11-12,14-15H,6H2,1-2H3. The Morgan fingerprint density at radius 2 is 2.12 bits per heavy atom. The lowest BCUT2D eigenvalue weighted by molar-refractivity contribution is -0.146. The van der Waals surface area contributed by atoms with Crippen LogP contribution in [0, 0.1) is 0 Å². The largest absolute Gasteiger partial charge is 0.504 e. The molecule has 0 fully saturated rings. The first-order chi connectivity index (χ1) is 7.54. The molecule has 0 aromatic heterocycles. The normalized spacial score (nSPS) is 12.1. The van der Waals surface area contributed by atoms with Crippen LogP contribution in [0.15, 0.2) is 18.2 Å². The molecule has 0 saturated carbocycles. The van der Waals surface area contributed by atoms with E-state index in [9.17, 15) is 9.90 Å². The first-order valence-corrected chi connectivity index (χ1v) is 4.88. The lowest BCUT2D eigenvalue weighted by atomic mass is 10.1. The average Bonchev–Trinajstić information content (AvgIpc) is 2.21. The van der Waals surface area contributed by atoms with Crippen LogP contribution in [0.3, 0.4) is 0 Å². The van der Waals surface area contributed by atoms with E-state index < -0.39 is 12.1 Å². The van der Waals surface area contributed by atoms with Crippen LogP contribution in [-0.4, -0.2) is 29.8 Å². The van der Waals surface area contributed by atoms with Crippen LogP contribution in [0.25, 0.3) is 0 Å². The fraction of sp³-hybridized carbons (Fsp3) is 0.364. The monoisotopic (exact) mass is 225 g/mol. The molecule has 0 bridgehead atoms. The molecule has 5 heteroatoms. The van der Waals surface area contributed by atoms with Crippen LogP contribution in [-0.2, 0) is 9.53 Å². The van der Waals surface area contributed by atoms with E-state index in [-0.39, 0.29) is 11.5 Å². The highest BCUT2D eigenvalue weighted by molar-refractivity contribution is 5.66. The fourth-order valence-electron chi connectivity index (χ4n) is 1.35. The Morgan fingerprint density at radius 1 is 1.44 bits per heavy atom. The van der Waals surface area contributed by atoms with E-state index in [0.717, 1.165) is 0 Å². The Hall–Kier alpha value is -1.75. The van der Waals surface area contributed by atoms with Gasteiger partial charge in [0.25, 0.3) is 0 Å². The summed E-state index contributed by atoms with van der Waals surface area (Å²) >= 11 is 0. The lowest BCUT2D eigenvalue weighted by Crippen LogP contribution is -2.21. The van der Waals surface area contributed by atoms with E-state index in [4.69, 9.17) is 9.84 Å². The zero-order valence-corrected chi connectivity index (χ0v) is 9.23. The Balaban J connectivity index is 2.91. The number of esters is 1. The number of carbonyl (C=O) groups excluding carboxylic acids is 1. The summed E-state index contributed by atoms with van der Waals surface area (Å²) in [6.07, 6.45) is -0.478. The van der Waals surface area contributed by atoms with Crippen molar-refractivity contribution in [3.63, 3.8) is 0 Å². The van der Waals surface area contributed by atoms with Crippen LogP contribution in [0.2, 0.25) is 0 Å². The number of rotatable bonds is 4. The number of phenols is 2. The zero-order chi connectivity index (χ0) is 12.1. The van der Waals surface area contributed by atoms with Crippen molar-refractivity contribution in [3.8, 4) is 11.5 Å². The molecule has 0 radical (unpaired) electrons. The molecular weight excluding hydrogens is 210 g/mol. The molecule has 88 valence electrons. The second kappa shape index (κ2) is 5.37. The molecule has 1 unspecified atom stereocenters. The van der Waals surface area contributed by atoms with Crippen LogP contribution in [0.4, 0.5) is 0 Å². The third kappa shape index (κ3) is 3.13. The first kappa shape index (κ1) is 12.3. The van der Waals surface area contributed by atoms with Gasteiger partial charge in [-0.3, -0.25) is 4.79 Å². The second-order valence-corrected chi connectivity index (χ2v) is 3.40. The van der Waals surface area contributed by atoms with Gasteiger partial charge in [0.05, 0.1) is 0 Å². The van der Waals surface area contributed by atoms with Gasteiger partial charge in [0.1, 0.15) is 6.10 Å². The van der Waals surface area contributed by atoms with Gasteiger partial charge in [-0.2, -0.15) is 0 Å². The SMILES string of the molecule is CNCC(OC(C)=O)c1ccc(O)c(O)c1. The number of hydrogen-bond acceptors (Lipinski definition) is 5. The topological polar surface area (TPSA) is 78.8 Å². The molecule has 3 N–H and O–H groups in total. The molecule has 0 spiro atoms. The summed E-state index contributed by atoms with van der Waals surface area (Å²) in [5, 5.41) is 21.4. The molecule has 1 aromatic rings. The van der Waals surface area contributed by atoms with Crippen molar-refractivity contribution in [1.29, 1.82) is 0 Å². The number of phenolic OH excluding ortho intramolecular Hbond substituents is 2. The number of hydrogen-bond donors (Lipinski definition) is 3. The molecule has 1 aromatic carbocycles. The molecule has 1 atom stereocenters. The summed E-state index contributed by atoms with van der Waals surface area (Å²) in [6.45, 7) is 1.76. The molecule has 0 saturated heterocycles. The second-order valence-electron chi connectivity index (χ2n) is 3.40. The number of nitrogens with one attached hydrogen (secondary N) is 1. The zero-order valence-electron chi connectivity index (χ0n) is 9.23. The van der Waals surface area contributed by atoms with Crippen LogP contribution < -0.4 is 5.32 Å². The number of benzene rings is 1. The minimum absolute atomic E-state index is 0.199. The maximum absolute atomic E-state index is 10.9. The molecular formula is C11H15NO4. The highest BCUT2D eigenvalue weighted by Gasteiger charge is 2.15. The fourth-order valence-corrected chi connectivity index (χ4v) is 1.35. The van der Waals surface area contributed by atoms with Gasteiger partial charge in [-0.15, -0.1) is 0 Å². The van der Waals surface area contributed by atoms with Gasteiger partial charge in [0.2, 0.25) is 0 Å². The third-order valence-electron chi connectivity index (χ3n) is 2.07. The summed E-state index contributed by atoms with van der Waals surface area (Å²) in [7, 11) is 1.73. The molecule has 0 aliphatic heterocycles. The van der Waals surface area contributed by atoms with Crippen molar-refractivity contribution in [3.05, 3.63) is 23.8 Å². The van der Waals surface area contributed by atoms with Gasteiger partial charge in [-0.1, -0.05) is 6.07 Å². The van der Waals surface area contributed by atoms with E-state index in [0.29, 0.717) is 12.1 Å². The average molecular weight is 225 g/mol. The van der Waals surface area contributed by atoms with Crippen molar-refractivity contribution in [1.82, 2.24) is 5.32 Å². The minimum Gasteiger partial charge on any atom is -0.504 e. The summed E-state index contributed by atoms with van der Waals surface area (Å²) < 4.78 is 5.08. The van der Waals surface area contributed by atoms with E-state index in [1.807, 2.05) is 0 Å². The number of likely N-dealkylation sites (N-methyl/N-ethyl adjacent to an activating group) is 1. The molecule has 0 amide bonds. The minimum atomic E-state index is -0.478. The summed E-state index contributed by atoms with van der Waals surface area (Å²) in [5.41, 5.74) is 0.625. The van der Waals surface area contributed by atoms with E-state index in [2.05, 4.69) is 5.32 Å². The van der Waals surface area contributed by atoms with Gasteiger partial charge < -0.3 is 20.3 Å². The van der Waals surface area contributed by atoms with E-state index >= 15 is 0 Å². The third-order valence-corrected chi connectivity index (χ3v) is 2.07. The highest BCUT2D eigenvalue weighted by Crippen LogP contribution is 2.28. The van der Waals surface area contributed by atoms with Crippen LogP contribution in [0.1, 0.15) is 18.6 Å². The van der Waals surface area contributed by atoms with E-state index in [1.54, 1.807) is 13.1 Å². The van der Waals surface area contributed by atoms with Crippen molar-refractivity contribution < 1.29 is 19.7 Å². The Labute approximate surface area is 93.7 Å². The highest BCUT2D eigenvalue weighted by atomic mass is 16.5. The number of ether oxygens (including phenoxy) is 1. The Kier molecular flexibility index (Phi) is 4.13. The quantitative estimate of drug-likeness (QED) is 0.524. The summed E-state index contributed by atoms with van der Waals surface area (Å²) in [4.78, 5) is 10.9. The number of carbonyl (C=O) groups is 1. The molecule has 16 heavy (non-hydrogen) atoms. The predicted molar refractivity (Wildman–Crippen MR) is 58.2 cm³/mol. The summed E-state index contributed by atoms with van der Waals surface area (Å²) in [6, 6.07) is 4.33. The Morgan fingerprint density at radius 3 is 2.62 bits per heavy atom. The van der Waals surface area contributed by atoms with Gasteiger partial charge in [-0.05, 0) is 24.7 Å². The molecule has 1 rings (SSSR count). The van der Waals surface area contributed by atoms with Crippen LogP contribution >= 0.6 is 0 Å². The smallest absolute Gasteiger partial charge is 0.303 e. The van der Waals surface area contributed by atoms with Gasteiger partial charge in [0.15, 0.2) is 11.5 Å². The van der Waals surface area contributed by atoms with Gasteiger partial charge >= 0.3 is 5.97 Å². The molecule has 5 nitrogen and oxygen atoms in total.